The van der Waals surface area contributed by atoms with Crippen molar-refractivity contribution >= 4 is 5.97 Å². The molecule has 1 aromatic heterocycles. The molecule has 0 bridgehead atoms. The van der Waals surface area contributed by atoms with Crippen LogP contribution in [-0.2, 0) is 28.9 Å². The zero-order valence-electron chi connectivity index (χ0n) is 10.6. The first-order valence-corrected chi connectivity index (χ1v) is 6.20. The summed E-state index contributed by atoms with van der Waals surface area (Å²) in [7, 11) is 0. The van der Waals surface area contributed by atoms with Crippen LogP contribution in [0.1, 0.15) is 24.6 Å². The number of ether oxygens (including phenoxy) is 1. The van der Waals surface area contributed by atoms with Crippen LogP contribution in [0.5, 0.6) is 0 Å². The molecule has 96 valence electrons. The fourth-order valence-corrected chi connectivity index (χ4v) is 2.30. The number of carbonyl (C=O) groups excluding carboxylic acids is 1. The molecule has 2 rings (SSSR count). The smallest absolute Gasteiger partial charge is 0.335 e. The predicted molar refractivity (Wildman–Crippen MR) is 68.5 cm³/mol. The Morgan fingerprint density at radius 1 is 1.44 bits per heavy atom. The zero-order valence-corrected chi connectivity index (χ0v) is 10.6. The zero-order chi connectivity index (χ0) is 13.1. The van der Waals surface area contributed by atoms with E-state index < -0.39 is 5.97 Å². The Bertz CT molecular complexity index is 542. The molecule has 1 aliphatic carbocycles. The number of aryl methyl sites for hydroxylation is 1. The van der Waals surface area contributed by atoms with E-state index >= 15 is 0 Å². The largest absolute Gasteiger partial charge is 0.463 e. The van der Waals surface area contributed by atoms with E-state index in [2.05, 4.69) is 6.58 Å². The molecule has 0 amide bonds. The minimum absolute atomic E-state index is 0.0823. The van der Waals surface area contributed by atoms with Gasteiger partial charge in [-0.1, -0.05) is 12.6 Å². The van der Waals surface area contributed by atoms with Crippen LogP contribution in [0.15, 0.2) is 29.1 Å². The van der Waals surface area contributed by atoms with Crippen LogP contribution in [0.3, 0.4) is 0 Å². The van der Waals surface area contributed by atoms with Crippen molar-refractivity contribution in [3.05, 3.63) is 45.9 Å². The van der Waals surface area contributed by atoms with Crippen molar-refractivity contribution in [1.82, 2.24) is 4.57 Å². The van der Waals surface area contributed by atoms with E-state index in [4.69, 9.17) is 4.74 Å². The highest BCUT2D eigenvalue weighted by Crippen LogP contribution is 2.20. The minimum Gasteiger partial charge on any atom is -0.463 e. The number of hydrogen-bond acceptors (Lipinski definition) is 3. The van der Waals surface area contributed by atoms with Gasteiger partial charge in [0.1, 0.15) is 0 Å². The van der Waals surface area contributed by atoms with Crippen LogP contribution < -0.4 is 5.56 Å². The van der Waals surface area contributed by atoms with Crippen LogP contribution in [0.4, 0.5) is 0 Å². The molecular formula is C14H17NO3. The number of aromatic nitrogens is 1. The number of nitrogens with zero attached hydrogens (tertiary/aromatic N) is 1. The Balaban J connectivity index is 2.25. The third kappa shape index (κ3) is 2.37. The van der Waals surface area contributed by atoms with Crippen LogP contribution in [0.2, 0.25) is 0 Å². The molecule has 4 heteroatoms. The van der Waals surface area contributed by atoms with Crippen molar-refractivity contribution in [2.45, 2.75) is 32.7 Å². The highest BCUT2D eigenvalue weighted by atomic mass is 16.5. The summed E-state index contributed by atoms with van der Waals surface area (Å²) in [6.07, 6.45) is 2.95. The maximum Gasteiger partial charge on any atom is 0.335 e. The number of pyridine rings is 1. The number of fused-ring (bicyclic) bond motifs is 1. The van der Waals surface area contributed by atoms with Crippen molar-refractivity contribution in [3.63, 3.8) is 0 Å². The van der Waals surface area contributed by atoms with Gasteiger partial charge in [-0.15, -0.1) is 0 Å². The molecule has 0 fully saturated rings. The molecule has 0 N–H and O–H groups in total. The molecule has 0 aliphatic heterocycles. The number of esters is 1. The Kier molecular flexibility index (Phi) is 3.65. The molecule has 1 heterocycles. The molecule has 0 atom stereocenters. The van der Waals surface area contributed by atoms with Gasteiger partial charge in [-0.2, -0.15) is 0 Å². The highest BCUT2D eigenvalue weighted by molar-refractivity contribution is 5.87. The fraction of sp³-hybridized carbons (Fsp3) is 0.429. The van der Waals surface area contributed by atoms with E-state index in [0.29, 0.717) is 12.2 Å². The molecule has 0 spiro atoms. The molecule has 0 saturated heterocycles. The summed E-state index contributed by atoms with van der Waals surface area (Å²) >= 11 is 0. The van der Waals surface area contributed by atoms with Gasteiger partial charge in [0.2, 0.25) is 0 Å². The van der Waals surface area contributed by atoms with Crippen LogP contribution in [0.25, 0.3) is 0 Å². The summed E-state index contributed by atoms with van der Waals surface area (Å²) in [4.78, 5) is 23.4. The second kappa shape index (κ2) is 5.21. The van der Waals surface area contributed by atoms with E-state index in [-0.39, 0.29) is 12.1 Å². The fourth-order valence-electron chi connectivity index (χ4n) is 2.30. The van der Waals surface area contributed by atoms with Crippen LogP contribution >= 0.6 is 0 Å². The molecule has 0 saturated carbocycles. The minimum atomic E-state index is -0.431. The first kappa shape index (κ1) is 12.6. The second-order valence-electron chi connectivity index (χ2n) is 4.41. The van der Waals surface area contributed by atoms with Crippen molar-refractivity contribution in [1.29, 1.82) is 0 Å². The Morgan fingerprint density at radius 2 is 2.22 bits per heavy atom. The van der Waals surface area contributed by atoms with Gasteiger partial charge in [0.05, 0.1) is 13.2 Å². The van der Waals surface area contributed by atoms with Gasteiger partial charge in [0.15, 0.2) is 0 Å². The number of rotatable bonds is 4. The summed E-state index contributed by atoms with van der Waals surface area (Å²) in [6, 6.07) is 3.44. The van der Waals surface area contributed by atoms with Crippen molar-refractivity contribution in [2.24, 2.45) is 0 Å². The Labute approximate surface area is 106 Å². The first-order chi connectivity index (χ1) is 8.63. The van der Waals surface area contributed by atoms with Crippen molar-refractivity contribution in [2.75, 3.05) is 6.61 Å². The normalized spacial score (nSPS) is 13.2. The molecule has 1 aromatic rings. The highest BCUT2D eigenvalue weighted by Gasteiger charge is 2.18. The van der Waals surface area contributed by atoms with Gasteiger partial charge in [0.25, 0.3) is 5.56 Å². The van der Waals surface area contributed by atoms with Gasteiger partial charge in [0, 0.05) is 17.3 Å². The maximum atomic E-state index is 11.9. The van der Waals surface area contributed by atoms with E-state index in [9.17, 15) is 9.59 Å². The summed E-state index contributed by atoms with van der Waals surface area (Å²) in [5.41, 5.74) is 2.47. The predicted octanol–water partition coefficient (Wildman–Crippen LogP) is 1.46. The lowest BCUT2D eigenvalue weighted by Crippen LogP contribution is -2.25. The summed E-state index contributed by atoms with van der Waals surface area (Å²) in [5, 5.41) is 0. The molecule has 0 radical (unpaired) electrons. The first-order valence-electron chi connectivity index (χ1n) is 6.20. The Hall–Kier alpha value is -1.84. The quantitative estimate of drug-likeness (QED) is 0.597. The lowest BCUT2D eigenvalue weighted by Gasteiger charge is -2.12. The topological polar surface area (TPSA) is 48.3 Å². The van der Waals surface area contributed by atoms with E-state index in [1.807, 2.05) is 6.07 Å². The molecule has 0 unspecified atom stereocenters. The third-order valence-electron chi connectivity index (χ3n) is 3.16. The summed E-state index contributed by atoms with van der Waals surface area (Å²) in [5.74, 6) is -0.431. The second-order valence-corrected chi connectivity index (χ2v) is 4.41. The summed E-state index contributed by atoms with van der Waals surface area (Å²) < 4.78 is 6.52. The lowest BCUT2D eigenvalue weighted by atomic mass is 10.2. The average Bonchev–Trinajstić information content (AvgIpc) is 2.81. The lowest BCUT2D eigenvalue weighted by molar-refractivity contribution is -0.138. The van der Waals surface area contributed by atoms with Gasteiger partial charge in [-0.05, 0) is 31.7 Å². The van der Waals surface area contributed by atoms with Gasteiger partial charge >= 0.3 is 5.97 Å². The van der Waals surface area contributed by atoms with Gasteiger partial charge in [-0.3, -0.25) is 4.79 Å². The standard InChI is InChI=1S/C14H17NO3/c1-3-18-14(17)10(2)9-15-12-6-4-5-11(12)7-8-13(15)16/h7-8H,2-6,9H2,1H3. The molecule has 0 aromatic carbocycles. The van der Waals surface area contributed by atoms with E-state index in [0.717, 1.165) is 25.0 Å². The Morgan fingerprint density at radius 3 is 2.94 bits per heavy atom. The third-order valence-corrected chi connectivity index (χ3v) is 3.16. The number of carbonyl (C=O) groups is 1. The van der Waals surface area contributed by atoms with Gasteiger partial charge in [-0.25, -0.2) is 4.79 Å². The molecule has 1 aliphatic rings. The summed E-state index contributed by atoms with van der Waals surface area (Å²) in [6.45, 7) is 5.99. The van der Waals surface area contributed by atoms with E-state index in [1.165, 1.54) is 5.56 Å². The van der Waals surface area contributed by atoms with Crippen LogP contribution in [-0.4, -0.2) is 17.1 Å². The maximum absolute atomic E-state index is 11.9. The molecular weight excluding hydrogens is 230 g/mol. The van der Waals surface area contributed by atoms with Crippen LogP contribution in [0, 0.1) is 0 Å². The molecule has 4 nitrogen and oxygen atoms in total. The van der Waals surface area contributed by atoms with Gasteiger partial charge < -0.3 is 9.30 Å². The van der Waals surface area contributed by atoms with Crippen molar-refractivity contribution in [3.8, 4) is 0 Å². The number of hydrogen-bond donors (Lipinski definition) is 0. The monoisotopic (exact) mass is 247 g/mol. The van der Waals surface area contributed by atoms with Crippen molar-refractivity contribution < 1.29 is 9.53 Å². The SMILES string of the molecule is C=C(Cn1c2c(ccc1=O)CCC2)C(=O)OCC. The van der Waals surface area contributed by atoms with E-state index in [1.54, 1.807) is 17.6 Å². The average molecular weight is 247 g/mol. The molecule has 18 heavy (non-hydrogen) atoms.